The highest BCUT2D eigenvalue weighted by atomic mass is 19.1. The van der Waals surface area contributed by atoms with Gasteiger partial charge in [-0.3, -0.25) is 9.69 Å². The molecular formula is C14H18FNO2. The molecule has 0 saturated carbocycles. The van der Waals surface area contributed by atoms with Crippen molar-refractivity contribution in [2.75, 3.05) is 13.1 Å². The summed E-state index contributed by atoms with van der Waals surface area (Å²) >= 11 is 0. The number of aliphatic carboxylic acids is 1. The Morgan fingerprint density at radius 2 is 2.33 bits per heavy atom. The molecule has 0 radical (unpaired) electrons. The fraction of sp³-hybridized carbons (Fsp3) is 0.500. The SMILES string of the molecule is Cc1ccc(F)cc1CN1CCCC(C(=O)O)C1. The minimum Gasteiger partial charge on any atom is -0.481 e. The number of likely N-dealkylation sites (tertiary alicyclic amines) is 1. The van der Waals surface area contributed by atoms with Gasteiger partial charge in [-0.1, -0.05) is 6.07 Å². The summed E-state index contributed by atoms with van der Waals surface area (Å²) < 4.78 is 13.2. The lowest BCUT2D eigenvalue weighted by Crippen LogP contribution is -2.38. The van der Waals surface area contributed by atoms with Crippen molar-refractivity contribution in [2.45, 2.75) is 26.3 Å². The van der Waals surface area contributed by atoms with Crippen molar-refractivity contribution < 1.29 is 14.3 Å². The molecule has 1 unspecified atom stereocenters. The van der Waals surface area contributed by atoms with E-state index in [1.807, 2.05) is 6.92 Å². The highest BCUT2D eigenvalue weighted by molar-refractivity contribution is 5.70. The molecule has 18 heavy (non-hydrogen) atoms. The molecule has 0 aliphatic carbocycles. The summed E-state index contributed by atoms with van der Waals surface area (Å²) in [4.78, 5) is 13.1. The van der Waals surface area contributed by atoms with Crippen LogP contribution in [-0.2, 0) is 11.3 Å². The van der Waals surface area contributed by atoms with E-state index < -0.39 is 5.97 Å². The molecule has 1 saturated heterocycles. The van der Waals surface area contributed by atoms with Crippen LogP contribution in [0.3, 0.4) is 0 Å². The molecule has 1 aliphatic heterocycles. The lowest BCUT2D eigenvalue weighted by molar-refractivity contribution is -0.143. The number of carboxylic acid groups (broad SMARTS) is 1. The van der Waals surface area contributed by atoms with Crippen molar-refractivity contribution in [2.24, 2.45) is 5.92 Å². The molecule has 3 nitrogen and oxygen atoms in total. The fourth-order valence-electron chi connectivity index (χ4n) is 2.45. The van der Waals surface area contributed by atoms with E-state index in [1.165, 1.54) is 6.07 Å². The third kappa shape index (κ3) is 3.07. The summed E-state index contributed by atoms with van der Waals surface area (Å²) in [7, 11) is 0. The van der Waals surface area contributed by atoms with Crippen molar-refractivity contribution in [1.29, 1.82) is 0 Å². The average Bonchev–Trinajstić information content (AvgIpc) is 2.34. The number of nitrogens with zero attached hydrogens (tertiary/aromatic N) is 1. The van der Waals surface area contributed by atoms with Crippen LogP contribution in [0.25, 0.3) is 0 Å². The van der Waals surface area contributed by atoms with Crippen LogP contribution in [0.1, 0.15) is 24.0 Å². The normalized spacial score (nSPS) is 20.9. The molecule has 98 valence electrons. The first-order chi connectivity index (χ1) is 8.56. The monoisotopic (exact) mass is 251 g/mol. The molecule has 0 spiro atoms. The highest BCUT2D eigenvalue weighted by Gasteiger charge is 2.25. The van der Waals surface area contributed by atoms with Crippen LogP contribution >= 0.6 is 0 Å². The molecule has 1 aliphatic rings. The number of rotatable bonds is 3. The molecule has 0 bridgehead atoms. The molecule has 1 aromatic rings. The van der Waals surface area contributed by atoms with Gasteiger partial charge in [-0.05, 0) is 49.6 Å². The summed E-state index contributed by atoms with van der Waals surface area (Å²) in [5, 5.41) is 9.03. The summed E-state index contributed by atoms with van der Waals surface area (Å²) in [5.41, 5.74) is 2.00. The van der Waals surface area contributed by atoms with E-state index in [0.717, 1.165) is 30.5 Å². The van der Waals surface area contributed by atoms with Crippen LogP contribution in [0, 0.1) is 18.7 Å². The van der Waals surface area contributed by atoms with Gasteiger partial charge < -0.3 is 5.11 Å². The second-order valence-corrected chi connectivity index (χ2v) is 4.98. The Balaban J connectivity index is 2.04. The summed E-state index contributed by atoms with van der Waals surface area (Å²) in [5.74, 6) is -1.24. The molecular weight excluding hydrogens is 233 g/mol. The average molecular weight is 251 g/mol. The van der Waals surface area contributed by atoms with Crippen molar-refractivity contribution >= 4 is 5.97 Å². The molecule has 1 N–H and O–H groups in total. The fourth-order valence-corrected chi connectivity index (χ4v) is 2.45. The van der Waals surface area contributed by atoms with Crippen LogP contribution < -0.4 is 0 Å². The first kappa shape index (κ1) is 13.0. The summed E-state index contributed by atoms with van der Waals surface area (Å²) in [6, 6.07) is 4.76. The van der Waals surface area contributed by atoms with Crippen molar-refractivity contribution in [3.05, 3.63) is 35.1 Å². The van der Waals surface area contributed by atoms with Crippen LogP contribution in [0.4, 0.5) is 4.39 Å². The van der Waals surface area contributed by atoms with Crippen LogP contribution in [0.5, 0.6) is 0 Å². The van der Waals surface area contributed by atoms with Gasteiger partial charge in [-0.15, -0.1) is 0 Å². The van der Waals surface area contributed by atoms with E-state index in [-0.39, 0.29) is 11.7 Å². The minimum atomic E-state index is -0.726. The van der Waals surface area contributed by atoms with E-state index in [4.69, 9.17) is 5.11 Å². The largest absolute Gasteiger partial charge is 0.481 e. The lowest BCUT2D eigenvalue weighted by atomic mass is 9.97. The molecule has 0 amide bonds. The van der Waals surface area contributed by atoms with E-state index in [9.17, 15) is 9.18 Å². The van der Waals surface area contributed by atoms with Gasteiger partial charge in [-0.25, -0.2) is 4.39 Å². The maximum atomic E-state index is 13.2. The Kier molecular flexibility index (Phi) is 3.97. The predicted molar refractivity (Wildman–Crippen MR) is 66.8 cm³/mol. The summed E-state index contributed by atoms with van der Waals surface area (Å²) in [6.07, 6.45) is 1.64. The standard InChI is InChI=1S/C14H18FNO2/c1-10-4-5-13(15)7-12(10)9-16-6-2-3-11(8-16)14(17)18/h4-5,7,11H,2-3,6,8-9H2,1H3,(H,17,18). The number of carbonyl (C=O) groups is 1. The van der Waals surface area contributed by atoms with Crippen LogP contribution in [0.15, 0.2) is 18.2 Å². The minimum absolute atomic E-state index is 0.234. The Labute approximate surface area is 106 Å². The van der Waals surface area contributed by atoms with E-state index in [0.29, 0.717) is 13.1 Å². The Hall–Kier alpha value is -1.42. The number of benzene rings is 1. The van der Waals surface area contributed by atoms with Gasteiger partial charge in [-0.2, -0.15) is 0 Å². The third-order valence-electron chi connectivity index (χ3n) is 3.56. The smallest absolute Gasteiger partial charge is 0.307 e. The number of hydrogen-bond acceptors (Lipinski definition) is 2. The quantitative estimate of drug-likeness (QED) is 0.897. The van der Waals surface area contributed by atoms with Crippen molar-refractivity contribution in [1.82, 2.24) is 4.90 Å². The maximum Gasteiger partial charge on any atom is 0.307 e. The number of piperidine rings is 1. The van der Waals surface area contributed by atoms with Crippen LogP contribution in [-0.4, -0.2) is 29.1 Å². The topological polar surface area (TPSA) is 40.5 Å². The van der Waals surface area contributed by atoms with Gasteiger partial charge in [0.15, 0.2) is 0 Å². The van der Waals surface area contributed by atoms with Gasteiger partial charge in [0, 0.05) is 13.1 Å². The first-order valence-electron chi connectivity index (χ1n) is 6.26. The molecule has 2 rings (SSSR count). The molecule has 1 heterocycles. The van der Waals surface area contributed by atoms with E-state index in [2.05, 4.69) is 4.90 Å². The van der Waals surface area contributed by atoms with Gasteiger partial charge in [0.1, 0.15) is 5.82 Å². The second kappa shape index (κ2) is 5.48. The molecule has 1 atom stereocenters. The highest BCUT2D eigenvalue weighted by Crippen LogP contribution is 2.20. The Bertz CT molecular complexity index is 447. The zero-order valence-corrected chi connectivity index (χ0v) is 10.5. The summed E-state index contributed by atoms with van der Waals surface area (Å²) in [6.45, 7) is 4.03. The number of carboxylic acids is 1. The van der Waals surface area contributed by atoms with Crippen molar-refractivity contribution in [3.8, 4) is 0 Å². The Morgan fingerprint density at radius 3 is 3.06 bits per heavy atom. The lowest BCUT2D eigenvalue weighted by Gasteiger charge is -2.31. The van der Waals surface area contributed by atoms with Crippen molar-refractivity contribution in [3.63, 3.8) is 0 Å². The van der Waals surface area contributed by atoms with E-state index >= 15 is 0 Å². The molecule has 1 fully saturated rings. The molecule has 1 aromatic carbocycles. The van der Waals surface area contributed by atoms with Gasteiger partial charge in [0.25, 0.3) is 0 Å². The predicted octanol–water partition coefficient (Wildman–Crippen LogP) is 2.43. The first-order valence-corrected chi connectivity index (χ1v) is 6.26. The number of hydrogen-bond donors (Lipinski definition) is 1. The van der Waals surface area contributed by atoms with Gasteiger partial charge in [0.05, 0.1) is 5.92 Å². The van der Waals surface area contributed by atoms with Gasteiger partial charge >= 0.3 is 5.97 Å². The van der Waals surface area contributed by atoms with Crippen LogP contribution in [0.2, 0.25) is 0 Å². The zero-order valence-electron chi connectivity index (χ0n) is 10.5. The molecule has 0 aromatic heterocycles. The Morgan fingerprint density at radius 1 is 1.56 bits per heavy atom. The zero-order chi connectivity index (χ0) is 13.1. The number of halogens is 1. The maximum absolute atomic E-state index is 13.2. The molecule has 4 heteroatoms. The second-order valence-electron chi connectivity index (χ2n) is 4.98. The number of aryl methyl sites for hydroxylation is 1. The van der Waals surface area contributed by atoms with E-state index in [1.54, 1.807) is 12.1 Å². The third-order valence-corrected chi connectivity index (χ3v) is 3.56. The van der Waals surface area contributed by atoms with Gasteiger partial charge in [0.2, 0.25) is 0 Å².